The maximum atomic E-state index is 13.5. The Balaban J connectivity index is 1.75. The minimum Gasteiger partial charge on any atom is -0.454 e. The molecule has 33 heavy (non-hydrogen) atoms. The monoisotopic (exact) mass is 494 g/mol. The summed E-state index contributed by atoms with van der Waals surface area (Å²) in [6, 6.07) is 8.21. The SMILES string of the molecule is Cc1ccc(S(=O)(=O)C2(C(=O)OCC(=O)Nc3ccc([N+](=O)[O-])cc3Cl)CCCC2)cc1C. The minimum absolute atomic E-state index is 0.0477. The highest BCUT2D eigenvalue weighted by Gasteiger charge is 2.54. The number of hydrogen-bond acceptors (Lipinski definition) is 7. The van der Waals surface area contributed by atoms with Gasteiger partial charge < -0.3 is 10.1 Å². The molecule has 9 nitrogen and oxygen atoms in total. The Kier molecular flexibility index (Phi) is 7.08. The highest BCUT2D eigenvalue weighted by molar-refractivity contribution is 7.93. The summed E-state index contributed by atoms with van der Waals surface area (Å²) in [6.07, 6.45) is 1.31. The summed E-state index contributed by atoms with van der Waals surface area (Å²) < 4.78 is 30.3. The Morgan fingerprint density at radius 1 is 1.12 bits per heavy atom. The number of sulfone groups is 1. The quantitative estimate of drug-likeness (QED) is 0.347. The Morgan fingerprint density at radius 2 is 1.79 bits per heavy atom. The summed E-state index contributed by atoms with van der Waals surface area (Å²) in [5.74, 6) is -1.72. The third-order valence-corrected chi connectivity index (χ3v) is 8.65. The van der Waals surface area contributed by atoms with E-state index in [1.807, 2.05) is 6.92 Å². The predicted molar refractivity (Wildman–Crippen MR) is 122 cm³/mol. The van der Waals surface area contributed by atoms with Gasteiger partial charge in [-0.1, -0.05) is 30.5 Å². The second kappa shape index (κ2) is 9.48. The van der Waals surface area contributed by atoms with Crippen LogP contribution in [0.1, 0.15) is 36.8 Å². The molecule has 1 saturated carbocycles. The molecule has 176 valence electrons. The summed E-state index contributed by atoms with van der Waals surface area (Å²) >= 11 is 5.95. The van der Waals surface area contributed by atoms with Crippen LogP contribution in [0.5, 0.6) is 0 Å². The molecule has 3 rings (SSSR count). The zero-order valence-corrected chi connectivity index (χ0v) is 19.7. The number of nitro benzene ring substituents is 1. The molecule has 0 spiro atoms. The molecule has 0 heterocycles. The van der Waals surface area contributed by atoms with Crippen LogP contribution >= 0.6 is 11.6 Å². The maximum absolute atomic E-state index is 13.5. The lowest BCUT2D eigenvalue weighted by Crippen LogP contribution is -2.46. The molecule has 1 aliphatic rings. The van der Waals surface area contributed by atoms with Crippen LogP contribution in [0.2, 0.25) is 5.02 Å². The first-order chi connectivity index (χ1) is 15.5. The number of ether oxygens (including phenoxy) is 1. The number of carbonyl (C=O) groups excluding carboxylic acids is 2. The van der Waals surface area contributed by atoms with Gasteiger partial charge in [-0.15, -0.1) is 0 Å². The topological polar surface area (TPSA) is 133 Å². The van der Waals surface area contributed by atoms with Crippen molar-refractivity contribution in [1.29, 1.82) is 0 Å². The molecule has 0 aromatic heterocycles. The van der Waals surface area contributed by atoms with Gasteiger partial charge in [0, 0.05) is 12.1 Å². The van der Waals surface area contributed by atoms with Gasteiger partial charge in [-0.3, -0.25) is 19.7 Å². The van der Waals surface area contributed by atoms with Gasteiger partial charge in [-0.05, 0) is 56.0 Å². The number of anilines is 1. The van der Waals surface area contributed by atoms with E-state index in [-0.39, 0.29) is 34.1 Å². The lowest BCUT2D eigenvalue weighted by atomic mass is 10.1. The predicted octanol–water partition coefficient (Wildman–Crippen LogP) is 4.13. The van der Waals surface area contributed by atoms with Crippen molar-refractivity contribution in [2.45, 2.75) is 49.2 Å². The van der Waals surface area contributed by atoms with E-state index in [0.29, 0.717) is 12.8 Å². The van der Waals surface area contributed by atoms with E-state index >= 15 is 0 Å². The van der Waals surface area contributed by atoms with Crippen molar-refractivity contribution in [1.82, 2.24) is 0 Å². The van der Waals surface area contributed by atoms with Crippen molar-refractivity contribution < 1.29 is 27.7 Å². The Labute approximate surface area is 196 Å². The number of halogens is 1. The third kappa shape index (κ3) is 4.86. The zero-order valence-electron chi connectivity index (χ0n) is 18.1. The van der Waals surface area contributed by atoms with Crippen molar-refractivity contribution in [2.24, 2.45) is 0 Å². The third-order valence-electron chi connectivity index (χ3n) is 5.86. The number of rotatable bonds is 7. The van der Waals surface area contributed by atoms with Crippen LogP contribution in [0.15, 0.2) is 41.3 Å². The van der Waals surface area contributed by atoms with Crippen LogP contribution in [-0.2, 0) is 24.2 Å². The minimum atomic E-state index is -4.06. The standard InChI is InChI=1S/C22H23ClN2O7S/c1-14-5-7-17(11-15(14)2)33(30,31)22(9-3-4-10-22)21(27)32-13-20(26)24-19-8-6-16(25(28)29)12-18(19)23/h5-8,11-12H,3-4,9-10,13H2,1-2H3,(H,24,26). The van der Waals surface area contributed by atoms with Crippen molar-refractivity contribution >= 4 is 44.7 Å². The molecule has 0 aliphatic heterocycles. The number of amides is 1. The number of non-ortho nitro benzene ring substituents is 1. The lowest BCUT2D eigenvalue weighted by Gasteiger charge is -2.26. The summed E-state index contributed by atoms with van der Waals surface area (Å²) in [7, 11) is -4.06. The van der Waals surface area contributed by atoms with Crippen molar-refractivity contribution in [3.8, 4) is 0 Å². The van der Waals surface area contributed by atoms with Gasteiger partial charge >= 0.3 is 5.97 Å². The van der Waals surface area contributed by atoms with Crippen LogP contribution in [0.4, 0.5) is 11.4 Å². The Hall–Kier alpha value is -2.98. The Morgan fingerprint density at radius 3 is 2.36 bits per heavy atom. The van der Waals surface area contributed by atoms with Gasteiger partial charge in [-0.2, -0.15) is 0 Å². The maximum Gasteiger partial charge on any atom is 0.328 e. The van der Waals surface area contributed by atoms with E-state index in [9.17, 15) is 28.1 Å². The van der Waals surface area contributed by atoms with Crippen molar-refractivity contribution in [3.05, 3.63) is 62.7 Å². The number of nitrogens with zero attached hydrogens (tertiary/aromatic N) is 1. The van der Waals surface area contributed by atoms with Crippen LogP contribution in [0.25, 0.3) is 0 Å². The fraction of sp³-hybridized carbons (Fsp3) is 0.364. The molecular weight excluding hydrogens is 472 g/mol. The second-order valence-corrected chi connectivity index (χ2v) is 10.7. The molecule has 2 aromatic rings. The lowest BCUT2D eigenvalue weighted by molar-refractivity contribution is -0.384. The first kappa shape index (κ1) is 24.7. The van der Waals surface area contributed by atoms with E-state index in [2.05, 4.69) is 5.32 Å². The molecule has 0 bridgehead atoms. The first-order valence-corrected chi connectivity index (χ1v) is 12.1. The van der Waals surface area contributed by atoms with Crippen LogP contribution in [-0.4, -0.2) is 36.6 Å². The summed E-state index contributed by atoms with van der Waals surface area (Å²) in [5, 5.41) is 13.1. The molecule has 1 amide bonds. The van der Waals surface area contributed by atoms with Crippen LogP contribution in [0.3, 0.4) is 0 Å². The van der Waals surface area contributed by atoms with E-state index in [0.717, 1.165) is 23.3 Å². The van der Waals surface area contributed by atoms with Crippen LogP contribution in [0, 0.1) is 24.0 Å². The molecule has 0 unspecified atom stereocenters. The molecule has 0 radical (unpaired) electrons. The molecular formula is C22H23ClN2O7S. The van der Waals surface area contributed by atoms with Crippen molar-refractivity contribution in [3.63, 3.8) is 0 Å². The summed E-state index contributed by atoms with van der Waals surface area (Å²) in [4.78, 5) is 35.5. The molecule has 0 atom stereocenters. The molecule has 2 aromatic carbocycles. The Bertz CT molecular complexity index is 1220. The molecule has 1 N–H and O–H groups in total. The highest BCUT2D eigenvalue weighted by Crippen LogP contribution is 2.42. The van der Waals surface area contributed by atoms with Gasteiger partial charge in [0.15, 0.2) is 21.2 Å². The average molecular weight is 495 g/mol. The van der Waals surface area contributed by atoms with Gasteiger partial charge in [0.05, 0.1) is 20.5 Å². The summed E-state index contributed by atoms with van der Waals surface area (Å²) in [5.41, 5.74) is 1.57. The summed E-state index contributed by atoms with van der Waals surface area (Å²) in [6.45, 7) is 2.93. The average Bonchev–Trinajstić information content (AvgIpc) is 3.27. The highest BCUT2D eigenvalue weighted by atomic mass is 35.5. The van der Waals surface area contributed by atoms with Crippen LogP contribution < -0.4 is 5.32 Å². The molecule has 1 fully saturated rings. The van der Waals surface area contributed by atoms with E-state index in [4.69, 9.17) is 16.3 Å². The number of benzene rings is 2. The number of carbonyl (C=O) groups is 2. The smallest absolute Gasteiger partial charge is 0.328 e. The number of hydrogen-bond donors (Lipinski definition) is 1. The zero-order chi connectivity index (χ0) is 24.4. The van der Waals surface area contributed by atoms with Gasteiger partial charge in [0.2, 0.25) is 0 Å². The van der Waals surface area contributed by atoms with Crippen molar-refractivity contribution in [2.75, 3.05) is 11.9 Å². The molecule has 11 heteroatoms. The second-order valence-electron chi connectivity index (χ2n) is 8.00. The normalized spacial score (nSPS) is 15.1. The van der Waals surface area contributed by atoms with E-state index in [1.165, 1.54) is 12.1 Å². The van der Waals surface area contributed by atoms with Gasteiger partial charge in [-0.25, -0.2) is 8.42 Å². The number of nitro groups is 1. The van der Waals surface area contributed by atoms with Gasteiger partial charge in [0.25, 0.3) is 11.6 Å². The number of nitrogens with one attached hydrogen (secondary N) is 1. The van der Waals surface area contributed by atoms with Gasteiger partial charge in [0.1, 0.15) is 0 Å². The molecule has 0 saturated heterocycles. The number of esters is 1. The largest absolute Gasteiger partial charge is 0.454 e. The van der Waals surface area contributed by atoms with E-state index in [1.54, 1.807) is 19.1 Å². The first-order valence-electron chi connectivity index (χ1n) is 10.2. The molecule has 1 aliphatic carbocycles. The number of aryl methyl sites for hydroxylation is 2. The fourth-order valence-corrected chi connectivity index (χ4v) is 6.16. The van der Waals surface area contributed by atoms with E-state index < -0.39 is 38.0 Å². The fourth-order valence-electron chi connectivity index (χ4n) is 3.80.